The van der Waals surface area contributed by atoms with Gasteiger partial charge in [0, 0.05) is 31.1 Å². The molecule has 1 heterocycles. The van der Waals surface area contributed by atoms with Crippen LogP contribution in [0.4, 0.5) is 18.9 Å². The molecule has 1 aliphatic heterocycles. The maximum Gasteiger partial charge on any atom is 0.441 e. The summed E-state index contributed by atoms with van der Waals surface area (Å²) >= 11 is 0.0194. The third-order valence-electron chi connectivity index (χ3n) is 3.02. The topological polar surface area (TPSA) is 24.1 Å². The summed E-state index contributed by atoms with van der Waals surface area (Å²) in [6.45, 7) is 1.93. The number of hydrogen-bond acceptors (Lipinski definition) is 3. The van der Waals surface area contributed by atoms with Crippen LogP contribution in [0.25, 0.3) is 0 Å². The molecule has 1 aliphatic rings. The number of hydrogen-bond donors (Lipinski definition) is 2. The molecule has 0 atom stereocenters. The molecule has 0 fully saturated rings. The molecule has 0 saturated carbocycles. The van der Waals surface area contributed by atoms with E-state index in [4.69, 9.17) is 0 Å². The Hall–Kier alpha value is -0.880. The van der Waals surface area contributed by atoms with E-state index in [1.165, 1.54) is 5.56 Å². The molecule has 0 unspecified atom stereocenters. The summed E-state index contributed by atoms with van der Waals surface area (Å²) in [4.78, 5) is 0. The zero-order valence-corrected chi connectivity index (χ0v) is 11.3. The number of thioether (sulfide) groups is 1. The van der Waals surface area contributed by atoms with E-state index in [9.17, 15) is 13.2 Å². The van der Waals surface area contributed by atoms with Crippen molar-refractivity contribution in [2.75, 3.05) is 24.2 Å². The summed E-state index contributed by atoms with van der Waals surface area (Å²) in [5.41, 5.74) is -0.538. The van der Waals surface area contributed by atoms with Crippen LogP contribution in [0.2, 0.25) is 0 Å². The lowest BCUT2D eigenvalue weighted by molar-refractivity contribution is -0.0327. The van der Waals surface area contributed by atoms with Crippen molar-refractivity contribution in [2.45, 2.75) is 24.9 Å². The Morgan fingerprint density at radius 2 is 2.16 bits per heavy atom. The number of para-hydroxylation sites is 1. The number of benzene rings is 1. The summed E-state index contributed by atoms with van der Waals surface area (Å²) in [6.07, 6.45) is 2.20. The molecule has 1 aromatic carbocycles. The first-order valence-electron chi connectivity index (χ1n) is 6.32. The van der Waals surface area contributed by atoms with Gasteiger partial charge in [-0.05, 0) is 35.7 Å². The van der Waals surface area contributed by atoms with E-state index in [0.29, 0.717) is 13.1 Å². The van der Waals surface area contributed by atoms with Crippen molar-refractivity contribution >= 4 is 17.4 Å². The summed E-state index contributed by atoms with van der Waals surface area (Å²) in [6, 6.07) is 6.12. The van der Waals surface area contributed by atoms with Crippen molar-refractivity contribution in [3.8, 4) is 0 Å². The van der Waals surface area contributed by atoms with E-state index in [1.807, 2.05) is 12.1 Å². The van der Waals surface area contributed by atoms with Gasteiger partial charge in [0.15, 0.2) is 0 Å². The predicted molar refractivity (Wildman–Crippen MR) is 73.5 cm³/mol. The van der Waals surface area contributed by atoms with E-state index in [1.54, 1.807) is 0 Å². The predicted octanol–water partition coefficient (Wildman–Crippen LogP) is 3.39. The average Bonchev–Trinajstić information content (AvgIpc) is 2.37. The minimum absolute atomic E-state index is 0.0194. The molecule has 2 rings (SSSR count). The summed E-state index contributed by atoms with van der Waals surface area (Å²) in [5.74, 6) is 0.0476. The molecule has 0 aliphatic carbocycles. The van der Waals surface area contributed by atoms with Crippen LogP contribution in [0.3, 0.4) is 0 Å². The van der Waals surface area contributed by atoms with Gasteiger partial charge in [-0.1, -0.05) is 18.2 Å². The quantitative estimate of drug-likeness (QED) is 0.813. The molecule has 0 bridgehead atoms. The fourth-order valence-electron chi connectivity index (χ4n) is 2.19. The van der Waals surface area contributed by atoms with Crippen LogP contribution in [0, 0.1) is 0 Å². The van der Waals surface area contributed by atoms with Gasteiger partial charge in [0.25, 0.3) is 0 Å². The summed E-state index contributed by atoms with van der Waals surface area (Å²) in [7, 11) is 0. The minimum Gasteiger partial charge on any atom is -0.385 e. The van der Waals surface area contributed by atoms with Gasteiger partial charge >= 0.3 is 5.51 Å². The molecule has 0 aromatic heterocycles. The molecule has 6 heteroatoms. The molecule has 2 N–H and O–H groups in total. The third kappa shape index (κ3) is 4.62. The van der Waals surface area contributed by atoms with Gasteiger partial charge in [-0.2, -0.15) is 13.2 Å². The van der Waals surface area contributed by atoms with Crippen LogP contribution in [0.5, 0.6) is 0 Å². The SMILES string of the molecule is FC(F)(F)SCCNCc1cccc2c1NCCC2. The highest BCUT2D eigenvalue weighted by molar-refractivity contribution is 8.00. The standard InChI is InChI=1S/C13H17F3N2S/c14-13(15,16)19-8-7-17-9-11-4-1-3-10-5-2-6-18-12(10)11/h1,3-4,17-18H,2,5-9H2. The number of rotatable bonds is 5. The first kappa shape index (κ1) is 14.5. The zero-order valence-electron chi connectivity index (χ0n) is 10.5. The largest absolute Gasteiger partial charge is 0.441 e. The average molecular weight is 290 g/mol. The van der Waals surface area contributed by atoms with Crippen LogP contribution in [-0.4, -0.2) is 24.4 Å². The molecule has 0 spiro atoms. The highest BCUT2D eigenvalue weighted by atomic mass is 32.2. The molecule has 0 amide bonds. The lowest BCUT2D eigenvalue weighted by atomic mass is 9.99. The molecule has 106 valence electrons. The number of alkyl halides is 3. The van der Waals surface area contributed by atoms with Crippen LogP contribution in [0.15, 0.2) is 18.2 Å². The molecule has 1 aromatic rings. The van der Waals surface area contributed by atoms with Gasteiger partial charge in [-0.25, -0.2) is 0 Å². The molecule has 0 radical (unpaired) electrons. The van der Waals surface area contributed by atoms with E-state index in [0.717, 1.165) is 30.6 Å². The summed E-state index contributed by atoms with van der Waals surface area (Å²) < 4.78 is 35.9. The smallest absolute Gasteiger partial charge is 0.385 e. The lowest BCUT2D eigenvalue weighted by Gasteiger charge is -2.21. The maximum absolute atomic E-state index is 12.0. The fourth-order valence-corrected chi connectivity index (χ4v) is 2.67. The van der Waals surface area contributed by atoms with E-state index in [2.05, 4.69) is 16.7 Å². The van der Waals surface area contributed by atoms with E-state index in [-0.39, 0.29) is 17.5 Å². The number of halogens is 3. The van der Waals surface area contributed by atoms with Crippen molar-refractivity contribution in [3.05, 3.63) is 29.3 Å². The van der Waals surface area contributed by atoms with Crippen LogP contribution in [-0.2, 0) is 13.0 Å². The zero-order chi connectivity index (χ0) is 13.7. The molecule has 19 heavy (non-hydrogen) atoms. The molecule has 2 nitrogen and oxygen atoms in total. The molecular weight excluding hydrogens is 273 g/mol. The second-order valence-electron chi connectivity index (χ2n) is 4.45. The number of aryl methyl sites for hydroxylation is 1. The third-order valence-corrected chi connectivity index (χ3v) is 3.76. The highest BCUT2D eigenvalue weighted by Gasteiger charge is 2.27. The van der Waals surface area contributed by atoms with Crippen molar-refractivity contribution in [3.63, 3.8) is 0 Å². The van der Waals surface area contributed by atoms with Gasteiger partial charge in [0.2, 0.25) is 0 Å². The first-order chi connectivity index (χ1) is 9.06. The summed E-state index contributed by atoms with van der Waals surface area (Å²) in [5, 5.41) is 6.43. The van der Waals surface area contributed by atoms with Crippen LogP contribution >= 0.6 is 11.8 Å². The van der Waals surface area contributed by atoms with Crippen LogP contribution in [0.1, 0.15) is 17.5 Å². The van der Waals surface area contributed by atoms with Gasteiger partial charge < -0.3 is 10.6 Å². The fraction of sp³-hybridized carbons (Fsp3) is 0.538. The van der Waals surface area contributed by atoms with Crippen molar-refractivity contribution in [1.82, 2.24) is 5.32 Å². The van der Waals surface area contributed by atoms with Crippen molar-refractivity contribution < 1.29 is 13.2 Å². The van der Waals surface area contributed by atoms with Crippen molar-refractivity contribution in [2.24, 2.45) is 0 Å². The normalized spacial score (nSPS) is 14.9. The second-order valence-corrected chi connectivity index (χ2v) is 5.61. The first-order valence-corrected chi connectivity index (χ1v) is 7.31. The Kier molecular flexibility index (Phi) is 4.99. The van der Waals surface area contributed by atoms with E-state index < -0.39 is 5.51 Å². The Morgan fingerprint density at radius 1 is 1.32 bits per heavy atom. The van der Waals surface area contributed by atoms with E-state index >= 15 is 0 Å². The monoisotopic (exact) mass is 290 g/mol. The molecular formula is C13H17F3N2S. The Labute approximate surface area is 115 Å². The van der Waals surface area contributed by atoms with Gasteiger partial charge in [-0.3, -0.25) is 0 Å². The second kappa shape index (κ2) is 6.52. The van der Waals surface area contributed by atoms with Crippen LogP contribution < -0.4 is 10.6 Å². The number of anilines is 1. The minimum atomic E-state index is -4.13. The van der Waals surface area contributed by atoms with Gasteiger partial charge in [-0.15, -0.1) is 0 Å². The number of fused-ring (bicyclic) bond motifs is 1. The van der Waals surface area contributed by atoms with Gasteiger partial charge in [0.1, 0.15) is 0 Å². The lowest BCUT2D eigenvalue weighted by Crippen LogP contribution is -2.21. The Morgan fingerprint density at radius 3 is 2.95 bits per heavy atom. The van der Waals surface area contributed by atoms with Gasteiger partial charge in [0.05, 0.1) is 0 Å². The number of nitrogens with one attached hydrogen (secondary N) is 2. The maximum atomic E-state index is 12.0. The van der Waals surface area contributed by atoms with Crippen molar-refractivity contribution in [1.29, 1.82) is 0 Å². The molecule has 0 saturated heterocycles. The Balaban J connectivity index is 1.80. The Bertz CT molecular complexity index is 421. The highest BCUT2D eigenvalue weighted by Crippen LogP contribution is 2.29.